The molecule has 0 saturated carbocycles. The molecule has 1 N–H and O–H groups in total. The first-order chi connectivity index (χ1) is 14.8. The molecular formula is C24H32N4O2. The number of fused-ring (bicyclic) bond motifs is 1. The van der Waals surface area contributed by atoms with Crippen molar-refractivity contribution in [3.8, 4) is 5.75 Å². The number of nitrogens with zero attached hydrogens (tertiary/aromatic N) is 3. The number of benzene rings is 2. The summed E-state index contributed by atoms with van der Waals surface area (Å²) in [5.41, 5.74) is 2.56. The second kappa shape index (κ2) is 9.96. The highest BCUT2D eigenvalue weighted by atomic mass is 16.5. The van der Waals surface area contributed by atoms with E-state index in [2.05, 4.69) is 62.6 Å². The fourth-order valence-corrected chi connectivity index (χ4v) is 4.50. The SMILES string of the molecule is CN=C(NCCc1ccccc1OC)N1CC2OCCN(Cc3ccccc3)C2C1. The lowest BCUT2D eigenvalue weighted by atomic mass is 10.1. The Kier molecular flexibility index (Phi) is 6.87. The lowest BCUT2D eigenvalue weighted by molar-refractivity contribution is -0.0502. The van der Waals surface area contributed by atoms with E-state index in [0.29, 0.717) is 6.04 Å². The van der Waals surface area contributed by atoms with Crippen molar-refractivity contribution < 1.29 is 9.47 Å². The smallest absolute Gasteiger partial charge is 0.193 e. The van der Waals surface area contributed by atoms with Crippen LogP contribution in [0.4, 0.5) is 0 Å². The summed E-state index contributed by atoms with van der Waals surface area (Å²) in [5, 5.41) is 3.53. The fraction of sp³-hybridized carbons (Fsp3) is 0.458. The molecule has 2 heterocycles. The molecule has 6 nitrogen and oxygen atoms in total. The van der Waals surface area contributed by atoms with Crippen LogP contribution in [-0.2, 0) is 17.7 Å². The van der Waals surface area contributed by atoms with Gasteiger partial charge in [-0.25, -0.2) is 0 Å². The number of hydrogen-bond donors (Lipinski definition) is 1. The maximum absolute atomic E-state index is 6.12. The summed E-state index contributed by atoms with van der Waals surface area (Å²) in [6.45, 7) is 5.37. The van der Waals surface area contributed by atoms with Crippen molar-refractivity contribution >= 4 is 5.96 Å². The molecule has 2 atom stereocenters. The van der Waals surface area contributed by atoms with Crippen molar-refractivity contribution in [1.82, 2.24) is 15.1 Å². The van der Waals surface area contributed by atoms with Gasteiger partial charge in [-0.3, -0.25) is 9.89 Å². The number of methoxy groups -OCH3 is 1. The Morgan fingerprint density at radius 3 is 2.73 bits per heavy atom. The zero-order valence-corrected chi connectivity index (χ0v) is 18.0. The van der Waals surface area contributed by atoms with E-state index in [1.807, 2.05) is 19.2 Å². The molecule has 0 bridgehead atoms. The van der Waals surface area contributed by atoms with Gasteiger partial charge in [-0.1, -0.05) is 48.5 Å². The minimum Gasteiger partial charge on any atom is -0.496 e. The number of guanidine groups is 1. The standard InChI is InChI=1S/C24H32N4O2/c1-25-24(26-13-12-20-10-6-7-11-22(20)29-2)28-17-21-23(18-28)30-15-14-27(21)16-19-8-4-3-5-9-19/h3-11,21,23H,12-18H2,1-2H3,(H,25,26). The molecule has 2 aliphatic heterocycles. The van der Waals surface area contributed by atoms with Crippen LogP contribution in [0, 0.1) is 0 Å². The van der Waals surface area contributed by atoms with Crippen LogP contribution in [0.25, 0.3) is 0 Å². The fourth-order valence-electron chi connectivity index (χ4n) is 4.50. The molecule has 30 heavy (non-hydrogen) atoms. The van der Waals surface area contributed by atoms with Crippen LogP contribution in [0.5, 0.6) is 5.75 Å². The van der Waals surface area contributed by atoms with Crippen LogP contribution < -0.4 is 10.1 Å². The van der Waals surface area contributed by atoms with Crippen molar-refractivity contribution in [2.45, 2.75) is 25.1 Å². The van der Waals surface area contributed by atoms with Gasteiger partial charge in [-0.05, 0) is 23.6 Å². The Morgan fingerprint density at radius 2 is 1.93 bits per heavy atom. The van der Waals surface area contributed by atoms with Gasteiger partial charge in [-0.2, -0.15) is 0 Å². The summed E-state index contributed by atoms with van der Waals surface area (Å²) in [4.78, 5) is 9.43. The quantitative estimate of drug-likeness (QED) is 0.588. The molecule has 0 amide bonds. The average molecular weight is 409 g/mol. The van der Waals surface area contributed by atoms with E-state index < -0.39 is 0 Å². The van der Waals surface area contributed by atoms with E-state index in [1.54, 1.807) is 7.11 Å². The van der Waals surface area contributed by atoms with Gasteiger partial charge in [-0.15, -0.1) is 0 Å². The molecule has 2 aromatic carbocycles. The van der Waals surface area contributed by atoms with E-state index in [0.717, 1.165) is 57.5 Å². The van der Waals surface area contributed by atoms with Crippen molar-refractivity contribution in [2.75, 3.05) is 46.9 Å². The maximum atomic E-state index is 6.12. The van der Waals surface area contributed by atoms with Gasteiger partial charge in [0.1, 0.15) is 5.75 Å². The molecule has 0 aromatic heterocycles. The van der Waals surface area contributed by atoms with Crippen molar-refractivity contribution in [1.29, 1.82) is 0 Å². The predicted octanol–water partition coefficient (Wildman–Crippen LogP) is 2.40. The summed E-state index contributed by atoms with van der Waals surface area (Å²) in [6.07, 6.45) is 1.12. The number of para-hydroxylation sites is 1. The highest BCUT2D eigenvalue weighted by Crippen LogP contribution is 2.25. The third-order valence-electron chi connectivity index (χ3n) is 6.03. The molecule has 2 aliphatic rings. The highest BCUT2D eigenvalue weighted by molar-refractivity contribution is 5.80. The molecule has 0 spiro atoms. The monoisotopic (exact) mass is 408 g/mol. The number of ether oxygens (including phenoxy) is 2. The third kappa shape index (κ3) is 4.77. The Labute approximate surface area is 179 Å². The number of morpholine rings is 1. The molecule has 6 heteroatoms. The first-order valence-corrected chi connectivity index (χ1v) is 10.8. The minimum absolute atomic E-state index is 0.232. The molecule has 160 valence electrons. The zero-order chi connectivity index (χ0) is 20.8. The Bertz CT molecular complexity index is 842. The molecule has 0 aliphatic carbocycles. The Morgan fingerprint density at radius 1 is 1.13 bits per heavy atom. The van der Waals surface area contributed by atoms with E-state index in [1.165, 1.54) is 11.1 Å². The van der Waals surface area contributed by atoms with Crippen LogP contribution in [0.3, 0.4) is 0 Å². The molecule has 0 radical (unpaired) electrons. The van der Waals surface area contributed by atoms with Crippen LogP contribution in [-0.4, -0.2) is 74.8 Å². The van der Waals surface area contributed by atoms with Gasteiger partial charge in [0.2, 0.25) is 0 Å². The minimum atomic E-state index is 0.232. The van der Waals surface area contributed by atoms with E-state index >= 15 is 0 Å². The topological polar surface area (TPSA) is 49.3 Å². The second-order valence-electron chi connectivity index (χ2n) is 7.87. The first-order valence-electron chi connectivity index (χ1n) is 10.8. The largest absolute Gasteiger partial charge is 0.496 e. The number of hydrogen-bond acceptors (Lipinski definition) is 4. The van der Waals surface area contributed by atoms with E-state index in [9.17, 15) is 0 Å². The normalized spacial score (nSPS) is 22.1. The van der Waals surface area contributed by atoms with Gasteiger partial charge >= 0.3 is 0 Å². The molecule has 2 fully saturated rings. The molecular weight excluding hydrogens is 376 g/mol. The maximum Gasteiger partial charge on any atom is 0.193 e. The summed E-state index contributed by atoms with van der Waals surface area (Å²) in [7, 11) is 3.58. The lowest BCUT2D eigenvalue weighted by Crippen LogP contribution is -2.50. The average Bonchev–Trinajstić information content (AvgIpc) is 3.23. The summed E-state index contributed by atoms with van der Waals surface area (Å²) in [5.74, 6) is 1.88. The molecule has 4 rings (SSSR count). The van der Waals surface area contributed by atoms with Crippen LogP contribution >= 0.6 is 0 Å². The van der Waals surface area contributed by atoms with E-state index in [4.69, 9.17) is 9.47 Å². The zero-order valence-electron chi connectivity index (χ0n) is 18.0. The predicted molar refractivity (Wildman–Crippen MR) is 120 cm³/mol. The number of rotatable bonds is 6. The Balaban J connectivity index is 1.34. The lowest BCUT2D eigenvalue weighted by Gasteiger charge is -2.36. The van der Waals surface area contributed by atoms with Crippen molar-refractivity contribution in [2.24, 2.45) is 4.99 Å². The summed E-state index contributed by atoms with van der Waals surface area (Å²) >= 11 is 0. The van der Waals surface area contributed by atoms with Gasteiger partial charge in [0.05, 0.1) is 25.9 Å². The second-order valence-corrected chi connectivity index (χ2v) is 7.87. The number of aliphatic imine (C=N–C) groups is 1. The first kappa shape index (κ1) is 20.7. The van der Waals surface area contributed by atoms with Gasteiger partial charge in [0, 0.05) is 39.8 Å². The van der Waals surface area contributed by atoms with E-state index in [-0.39, 0.29) is 6.10 Å². The summed E-state index contributed by atoms with van der Waals surface area (Å²) < 4.78 is 11.6. The van der Waals surface area contributed by atoms with Gasteiger partial charge in [0.15, 0.2) is 5.96 Å². The highest BCUT2D eigenvalue weighted by Gasteiger charge is 2.41. The Hall–Kier alpha value is -2.57. The molecule has 2 unspecified atom stereocenters. The summed E-state index contributed by atoms with van der Waals surface area (Å²) in [6, 6.07) is 19.3. The number of nitrogens with one attached hydrogen (secondary N) is 1. The molecule has 2 saturated heterocycles. The van der Waals surface area contributed by atoms with Crippen LogP contribution in [0.1, 0.15) is 11.1 Å². The molecule has 2 aromatic rings. The van der Waals surface area contributed by atoms with Gasteiger partial charge in [0.25, 0.3) is 0 Å². The van der Waals surface area contributed by atoms with Crippen molar-refractivity contribution in [3.05, 3.63) is 65.7 Å². The van der Waals surface area contributed by atoms with Crippen molar-refractivity contribution in [3.63, 3.8) is 0 Å². The van der Waals surface area contributed by atoms with Crippen LogP contribution in [0.2, 0.25) is 0 Å². The third-order valence-corrected chi connectivity index (χ3v) is 6.03. The van der Waals surface area contributed by atoms with Crippen LogP contribution in [0.15, 0.2) is 59.6 Å². The van der Waals surface area contributed by atoms with Gasteiger partial charge < -0.3 is 19.7 Å². The number of likely N-dealkylation sites (tertiary alicyclic amines) is 1.